The third kappa shape index (κ3) is 1.36. The number of nitrogens with zero attached hydrogens (tertiary/aromatic N) is 1. The summed E-state index contributed by atoms with van der Waals surface area (Å²) in [6, 6.07) is 1.45. The number of aryl methyl sites for hydroxylation is 1. The summed E-state index contributed by atoms with van der Waals surface area (Å²) in [5, 5.41) is 6.19. The standard InChI is InChI=1S/C6H7ClN2O/c1-2-4-3-5(10)8-9-6(4)7/h3H,2H2,1H3,(H,8,10). The smallest absolute Gasteiger partial charge is 0.264 e. The predicted octanol–water partition coefficient (Wildman–Crippen LogP) is 0.986. The van der Waals surface area contributed by atoms with Gasteiger partial charge in [0.05, 0.1) is 0 Å². The van der Waals surface area contributed by atoms with Crippen LogP contribution < -0.4 is 5.56 Å². The van der Waals surface area contributed by atoms with Gasteiger partial charge in [-0.2, -0.15) is 5.10 Å². The molecule has 0 aliphatic rings. The molecule has 3 nitrogen and oxygen atoms in total. The minimum Gasteiger partial charge on any atom is -0.268 e. The Bertz CT molecular complexity index is 281. The Balaban J connectivity index is 3.22. The fourth-order valence-electron chi connectivity index (χ4n) is 0.674. The molecule has 0 saturated carbocycles. The molecule has 0 radical (unpaired) electrons. The summed E-state index contributed by atoms with van der Waals surface area (Å²) in [4.78, 5) is 10.6. The zero-order valence-corrected chi connectivity index (χ0v) is 6.27. The molecule has 0 unspecified atom stereocenters. The molecule has 1 heterocycles. The molecule has 0 spiro atoms. The number of hydrogen-bond donors (Lipinski definition) is 1. The van der Waals surface area contributed by atoms with Crippen molar-refractivity contribution >= 4 is 11.6 Å². The van der Waals surface area contributed by atoms with Crippen molar-refractivity contribution in [1.29, 1.82) is 0 Å². The highest BCUT2D eigenvalue weighted by molar-refractivity contribution is 6.30. The lowest BCUT2D eigenvalue weighted by Crippen LogP contribution is -2.08. The highest BCUT2D eigenvalue weighted by Crippen LogP contribution is 2.07. The molecule has 1 N–H and O–H groups in total. The Morgan fingerprint density at radius 2 is 2.50 bits per heavy atom. The molecule has 10 heavy (non-hydrogen) atoms. The number of aromatic nitrogens is 2. The van der Waals surface area contributed by atoms with E-state index in [4.69, 9.17) is 11.6 Å². The van der Waals surface area contributed by atoms with E-state index < -0.39 is 0 Å². The van der Waals surface area contributed by atoms with Crippen molar-refractivity contribution in [2.24, 2.45) is 0 Å². The van der Waals surface area contributed by atoms with E-state index in [-0.39, 0.29) is 5.56 Å². The Kier molecular flexibility index (Phi) is 2.06. The van der Waals surface area contributed by atoms with E-state index in [1.165, 1.54) is 6.07 Å². The Hall–Kier alpha value is -0.830. The normalized spacial score (nSPS) is 9.80. The number of hydrogen-bond acceptors (Lipinski definition) is 2. The maximum Gasteiger partial charge on any atom is 0.264 e. The maximum atomic E-state index is 10.6. The summed E-state index contributed by atoms with van der Waals surface area (Å²) in [5.74, 6) is 0. The molecule has 1 aromatic rings. The number of nitrogens with one attached hydrogen (secondary N) is 1. The lowest BCUT2D eigenvalue weighted by Gasteiger charge is -1.94. The Morgan fingerprint density at radius 1 is 1.80 bits per heavy atom. The van der Waals surface area contributed by atoms with Crippen LogP contribution in [-0.2, 0) is 6.42 Å². The van der Waals surface area contributed by atoms with E-state index >= 15 is 0 Å². The quantitative estimate of drug-likeness (QED) is 0.663. The minimum absolute atomic E-state index is 0.207. The first-order chi connectivity index (χ1) is 4.74. The monoisotopic (exact) mass is 158 g/mol. The van der Waals surface area contributed by atoms with Crippen molar-refractivity contribution in [1.82, 2.24) is 10.2 Å². The SMILES string of the molecule is CCc1cc(=O)[nH]nc1Cl. The summed E-state index contributed by atoms with van der Waals surface area (Å²) in [5.41, 5.74) is 0.576. The average Bonchev–Trinajstić information content (AvgIpc) is 1.94. The third-order valence-corrected chi connectivity index (χ3v) is 1.54. The summed E-state index contributed by atoms with van der Waals surface area (Å²) < 4.78 is 0. The van der Waals surface area contributed by atoms with Crippen LogP contribution >= 0.6 is 11.6 Å². The van der Waals surface area contributed by atoms with Crippen molar-refractivity contribution < 1.29 is 0 Å². The Labute approximate surface area is 63.0 Å². The molecule has 0 amide bonds. The van der Waals surface area contributed by atoms with E-state index in [0.29, 0.717) is 5.15 Å². The summed E-state index contributed by atoms with van der Waals surface area (Å²) in [6.45, 7) is 1.92. The molecule has 54 valence electrons. The molecule has 4 heteroatoms. The molecule has 0 fully saturated rings. The van der Waals surface area contributed by atoms with Crippen LogP contribution in [0.15, 0.2) is 10.9 Å². The first-order valence-corrected chi connectivity index (χ1v) is 3.36. The van der Waals surface area contributed by atoms with E-state index in [1.807, 2.05) is 6.92 Å². The zero-order chi connectivity index (χ0) is 7.56. The van der Waals surface area contributed by atoms with Gasteiger partial charge in [-0.15, -0.1) is 0 Å². The average molecular weight is 159 g/mol. The topological polar surface area (TPSA) is 45.8 Å². The van der Waals surface area contributed by atoms with Gasteiger partial charge in [-0.1, -0.05) is 18.5 Å². The lowest BCUT2D eigenvalue weighted by molar-refractivity contribution is 0.949. The fourth-order valence-corrected chi connectivity index (χ4v) is 0.904. The highest BCUT2D eigenvalue weighted by Gasteiger charge is 1.97. The van der Waals surface area contributed by atoms with Gasteiger partial charge in [0, 0.05) is 6.07 Å². The van der Waals surface area contributed by atoms with Gasteiger partial charge in [0.15, 0.2) is 5.15 Å². The van der Waals surface area contributed by atoms with Gasteiger partial charge in [-0.25, -0.2) is 5.10 Å². The molecule has 0 bridgehead atoms. The molecule has 0 aliphatic carbocycles. The Morgan fingerprint density at radius 3 is 3.00 bits per heavy atom. The highest BCUT2D eigenvalue weighted by atomic mass is 35.5. The van der Waals surface area contributed by atoms with E-state index in [1.54, 1.807) is 0 Å². The zero-order valence-electron chi connectivity index (χ0n) is 5.52. The van der Waals surface area contributed by atoms with Crippen LogP contribution in [0.2, 0.25) is 5.15 Å². The predicted molar refractivity (Wildman–Crippen MR) is 39.2 cm³/mol. The summed E-state index contributed by atoms with van der Waals surface area (Å²) >= 11 is 5.62. The number of H-pyrrole nitrogens is 1. The molecular formula is C6H7ClN2O. The van der Waals surface area contributed by atoms with E-state index in [9.17, 15) is 4.79 Å². The van der Waals surface area contributed by atoms with Gasteiger partial charge in [0.1, 0.15) is 0 Å². The van der Waals surface area contributed by atoms with Crippen LogP contribution in [0.4, 0.5) is 0 Å². The van der Waals surface area contributed by atoms with Gasteiger partial charge in [-0.05, 0) is 12.0 Å². The van der Waals surface area contributed by atoms with Crippen LogP contribution in [-0.4, -0.2) is 10.2 Å². The van der Waals surface area contributed by atoms with Gasteiger partial charge in [0.2, 0.25) is 0 Å². The fraction of sp³-hybridized carbons (Fsp3) is 0.333. The molecule has 0 aliphatic heterocycles. The van der Waals surface area contributed by atoms with Crippen molar-refractivity contribution in [2.75, 3.05) is 0 Å². The lowest BCUT2D eigenvalue weighted by atomic mass is 10.2. The number of rotatable bonds is 1. The molecule has 0 aromatic carbocycles. The molecular weight excluding hydrogens is 152 g/mol. The minimum atomic E-state index is -0.207. The second-order valence-electron chi connectivity index (χ2n) is 1.90. The van der Waals surface area contributed by atoms with Crippen LogP contribution in [0.5, 0.6) is 0 Å². The van der Waals surface area contributed by atoms with Crippen LogP contribution in [0, 0.1) is 0 Å². The van der Waals surface area contributed by atoms with Crippen molar-refractivity contribution in [3.8, 4) is 0 Å². The van der Waals surface area contributed by atoms with Gasteiger partial charge < -0.3 is 0 Å². The number of halogens is 1. The van der Waals surface area contributed by atoms with Gasteiger partial charge in [0.25, 0.3) is 5.56 Å². The third-order valence-electron chi connectivity index (χ3n) is 1.22. The maximum absolute atomic E-state index is 10.6. The molecule has 1 aromatic heterocycles. The van der Waals surface area contributed by atoms with Gasteiger partial charge >= 0.3 is 0 Å². The molecule has 0 saturated heterocycles. The first-order valence-electron chi connectivity index (χ1n) is 2.98. The summed E-state index contributed by atoms with van der Waals surface area (Å²) in [6.07, 6.45) is 0.732. The number of aromatic amines is 1. The largest absolute Gasteiger partial charge is 0.268 e. The van der Waals surface area contributed by atoms with Crippen LogP contribution in [0.25, 0.3) is 0 Å². The second kappa shape index (κ2) is 2.84. The van der Waals surface area contributed by atoms with Crippen molar-refractivity contribution in [2.45, 2.75) is 13.3 Å². The van der Waals surface area contributed by atoms with Crippen LogP contribution in [0.3, 0.4) is 0 Å². The first kappa shape index (κ1) is 7.28. The van der Waals surface area contributed by atoms with Crippen molar-refractivity contribution in [3.63, 3.8) is 0 Å². The van der Waals surface area contributed by atoms with Crippen LogP contribution in [0.1, 0.15) is 12.5 Å². The van der Waals surface area contributed by atoms with Crippen molar-refractivity contribution in [3.05, 3.63) is 27.1 Å². The molecule has 1 rings (SSSR count). The van der Waals surface area contributed by atoms with E-state index in [2.05, 4.69) is 10.2 Å². The van der Waals surface area contributed by atoms with E-state index in [0.717, 1.165) is 12.0 Å². The second-order valence-corrected chi connectivity index (χ2v) is 2.26. The van der Waals surface area contributed by atoms with Gasteiger partial charge in [-0.3, -0.25) is 4.79 Å². The summed E-state index contributed by atoms with van der Waals surface area (Å²) in [7, 11) is 0. The molecule has 0 atom stereocenters.